The van der Waals surface area contributed by atoms with Crippen LogP contribution in [0.5, 0.6) is 0 Å². The molecule has 0 aromatic heterocycles. The molecule has 1 aliphatic heterocycles. The fourth-order valence-electron chi connectivity index (χ4n) is 3.94. The molecular formula is C19H22ClF4N3O2. The molecule has 0 radical (unpaired) electrons. The average Bonchev–Trinajstić information content (AvgIpc) is 2.56. The Balaban J connectivity index is 1.88. The van der Waals surface area contributed by atoms with Crippen LogP contribution in [0.4, 0.5) is 22.4 Å². The lowest BCUT2D eigenvalue weighted by atomic mass is 9.63. The van der Waals surface area contributed by atoms with E-state index in [9.17, 15) is 27.2 Å². The fourth-order valence-corrected chi connectivity index (χ4v) is 4.12. The van der Waals surface area contributed by atoms with E-state index in [-0.39, 0.29) is 36.9 Å². The summed E-state index contributed by atoms with van der Waals surface area (Å²) < 4.78 is 52.7. The molecule has 0 unspecified atom stereocenters. The van der Waals surface area contributed by atoms with Crippen LogP contribution in [-0.4, -0.2) is 42.1 Å². The average molecular weight is 436 g/mol. The van der Waals surface area contributed by atoms with Crippen LogP contribution in [-0.2, 0) is 10.3 Å². The van der Waals surface area contributed by atoms with Crippen molar-refractivity contribution in [2.45, 2.75) is 44.4 Å². The molecule has 2 aliphatic rings. The first kappa shape index (κ1) is 21.7. The van der Waals surface area contributed by atoms with Crippen molar-refractivity contribution in [2.75, 3.05) is 13.1 Å². The molecule has 2 fully saturated rings. The number of nitrogens with zero attached hydrogens (tertiary/aromatic N) is 1. The van der Waals surface area contributed by atoms with Gasteiger partial charge in [0.25, 0.3) is 0 Å². The maximum atomic E-state index is 13.6. The van der Waals surface area contributed by atoms with E-state index in [0.29, 0.717) is 5.56 Å². The van der Waals surface area contributed by atoms with Crippen LogP contribution in [0.2, 0.25) is 5.02 Å². The van der Waals surface area contributed by atoms with Crippen LogP contribution < -0.4 is 10.6 Å². The van der Waals surface area contributed by atoms with Crippen molar-refractivity contribution < 1.29 is 27.2 Å². The number of alkyl halides is 3. The number of halogens is 5. The van der Waals surface area contributed by atoms with Crippen LogP contribution in [0.15, 0.2) is 18.2 Å². The van der Waals surface area contributed by atoms with Gasteiger partial charge in [0.15, 0.2) is 0 Å². The molecule has 0 bridgehead atoms. The van der Waals surface area contributed by atoms with E-state index in [1.807, 2.05) is 0 Å². The van der Waals surface area contributed by atoms with Gasteiger partial charge in [-0.25, -0.2) is 9.18 Å². The molecule has 2 N–H and O–H groups in total. The number of nitrogens with one attached hydrogen (secondary N) is 2. The zero-order valence-corrected chi connectivity index (χ0v) is 16.7. The number of carbonyl (C=O) groups excluding carboxylic acids is 2. The van der Waals surface area contributed by atoms with Crippen molar-refractivity contribution >= 4 is 23.5 Å². The Kier molecular flexibility index (Phi) is 5.73. The van der Waals surface area contributed by atoms with E-state index >= 15 is 0 Å². The summed E-state index contributed by atoms with van der Waals surface area (Å²) in [4.78, 5) is 26.1. The number of hydrogen-bond donors (Lipinski definition) is 2. The summed E-state index contributed by atoms with van der Waals surface area (Å²) in [5.74, 6) is -2.93. The van der Waals surface area contributed by atoms with Gasteiger partial charge < -0.3 is 15.5 Å². The first-order valence-electron chi connectivity index (χ1n) is 9.32. The molecule has 160 valence electrons. The molecule has 5 nitrogen and oxygen atoms in total. The quantitative estimate of drug-likeness (QED) is 0.709. The highest BCUT2D eigenvalue weighted by Gasteiger charge is 2.54. The summed E-state index contributed by atoms with van der Waals surface area (Å²) in [5.41, 5.74) is -0.791. The second kappa shape index (κ2) is 7.66. The molecule has 3 amide bonds. The van der Waals surface area contributed by atoms with Gasteiger partial charge in [0.05, 0.1) is 16.5 Å². The normalized spacial score (nSPS) is 26.9. The summed E-state index contributed by atoms with van der Waals surface area (Å²) >= 11 is 5.88. The van der Waals surface area contributed by atoms with Gasteiger partial charge >= 0.3 is 12.2 Å². The number of hydrogen-bond acceptors (Lipinski definition) is 2. The third kappa shape index (κ3) is 4.15. The van der Waals surface area contributed by atoms with Crippen molar-refractivity contribution in [1.82, 2.24) is 15.5 Å². The monoisotopic (exact) mass is 435 g/mol. The molecule has 1 aromatic rings. The first-order chi connectivity index (χ1) is 13.4. The lowest BCUT2D eigenvalue weighted by Crippen LogP contribution is -2.62. The largest absolute Gasteiger partial charge is 0.391 e. The number of amides is 3. The Labute approximate surface area is 170 Å². The van der Waals surface area contributed by atoms with E-state index in [1.54, 1.807) is 13.8 Å². The Morgan fingerprint density at radius 2 is 1.93 bits per heavy atom. The predicted octanol–water partition coefficient (Wildman–Crippen LogP) is 3.81. The molecule has 1 saturated carbocycles. The highest BCUT2D eigenvalue weighted by Crippen LogP contribution is 2.52. The predicted molar refractivity (Wildman–Crippen MR) is 98.7 cm³/mol. The lowest BCUT2D eigenvalue weighted by Gasteiger charge is -2.49. The molecule has 10 heteroatoms. The zero-order chi connectivity index (χ0) is 21.6. The van der Waals surface area contributed by atoms with E-state index in [2.05, 4.69) is 10.6 Å². The molecular weight excluding hydrogens is 414 g/mol. The Morgan fingerprint density at radius 1 is 1.28 bits per heavy atom. The minimum Gasteiger partial charge on any atom is -0.353 e. The van der Waals surface area contributed by atoms with Crippen molar-refractivity contribution in [1.29, 1.82) is 0 Å². The molecule has 1 aliphatic carbocycles. The molecule has 0 spiro atoms. The SMILES string of the molecule is C[C@@H]1C(=O)NCCN1C(=O)N[C@@](C)(c1ccc(F)c(Cl)c1)C1CC(C(F)(F)F)C1. The van der Waals surface area contributed by atoms with E-state index in [0.717, 1.165) is 6.07 Å². The van der Waals surface area contributed by atoms with Crippen molar-refractivity contribution in [2.24, 2.45) is 11.8 Å². The molecule has 3 rings (SSSR count). The third-order valence-corrected chi connectivity index (χ3v) is 6.35. The Morgan fingerprint density at radius 3 is 2.52 bits per heavy atom. The topological polar surface area (TPSA) is 61.4 Å². The summed E-state index contributed by atoms with van der Waals surface area (Å²) in [6.45, 7) is 3.74. The summed E-state index contributed by atoms with van der Waals surface area (Å²) in [7, 11) is 0. The fraction of sp³-hybridized carbons (Fsp3) is 0.579. The summed E-state index contributed by atoms with van der Waals surface area (Å²) in [5, 5.41) is 5.28. The van der Waals surface area contributed by atoms with Gasteiger partial charge in [-0.2, -0.15) is 13.2 Å². The van der Waals surface area contributed by atoms with Crippen molar-refractivity contribution in [3.05, 3.63) is 34.6 Å². The number of carbonyl (C=O) groups is 2. The number of urea groups is 1. The van der Waals surface area contributed by atoms with Gasteiger partial charge in [0, 0.05) is 13.1 Å². The van der Waals surface area contributed by atoms with E-state index in [1.165, 1.54) is 17.0 Å². The molecule has 29 heavy (non-hydrogen) atoms. The van der Waals surface area contributed by atoms with Crippen molar-refractivity contribution in [3.63, 3.8) is 0 Å². The number of benzene rings is 1. The number of rotatable bonds is 3. The van der Waals surface area contributed by atoms with Gasteiger partial charge in [-0.1, -0.05) is 17.7 Å². The van der Waals surface area contributed by atoms with Gasteiger partial charge in [-0.3, -0.25) is 4.79 Å². The molecule has 1 heterocycles. The van der Waals surface area contributed by atoms with Gasteiger partial charge in [0.2, 0.25) is 5.91 Å². The minimum absolute atomic E-state index is 0.161. The van der Waals surface area contributed by atoms with Crippen LogP contribution >= 0.6 is 11.6 Å². The third-order valence-electron chi connectivity index (χ3n) is 6.06. The highest BCUT2D eigenvalue weighted by atomic mass is 35.5. The number of piperazine rings is 1. The minimum atomic E-state index is -4.30. The van der Waals surface area contributed by atoms with Gasteiger partial charge in [-0.15, -0.1) is 0 Å². The summed E-state index contributed by atoms with van der Waals surface area (Å²) in [6.07, 6.45) is -4.63. The molecule has 1 aromatic carbocycles. The molecule has 1 saturated heterocycles. The maximum Gasteiger partial charge on any atom is 0.391 e. The molecule has 2 atom stereocenters. The zero-order valence-electron chi connectivity index (χ0n) is 15.9. The second-order valence-electron chi connectivity index (χ2n) is 7.83. The van der Waals surface area contributed by atoms with Gasteiger partial charge in [0.1, 0.15) is 11.9 Å². The van der Waals surface area contributed by atoms with Crippen LogP contribution in [0, 0.1) is 17.7 Å². The van der Waals surface area contributed by atoms with Gasteiger partial charge in [-0.05, 0) is 50.3 Å². The Bertz CT molecular complexity index is 813. The van der Waals surface area contributed by atoms with Crippen LogP contribution in [0.1, 0.15) is 32.3 Å². The second-order valence-corrected chi connectivity index (χ2v) is 8.24. The smallest absolute Gasteiger partial charge is 0.353 e. The van der Waals surface area contributed by atoms with E-state index < -0.39 is 41.4 Å². The summed E-state index contributed by atoms with van der Waals surface area (Å²) in [6, 6.07) is 2.58. The first-order valence-corrected chi connectivity index (χ1v) is 9.70. The lowest BCUT2D eigenvalue weighted by molar-refractivity contribution is -0.210. The maximum absolute atomic E-state index is 13.6. The van der Waals surface area contributed by atoms with Crippen LogP contribution in [0.3, 0.4) is 0 Å². The highest BCUT2D eigenvalue weighted by molar-refractivity contribution is 6.30. The van der Waals surface area contributed by atoms with Crippen LogP contribution in [0.25, 0.3) is 0 Å². The standard InChI is InChI=1S/C19H22ClF4N3O2/c1-10-16(28)25-5-6-27(10)17(29)26-18(2,11-3-4-15(21)14(20)9-11)12-7-13(8-12)19(22,23)24/h3-4,9-10,12-13H,5-8H2,1-2H3,(H,25,28)(H,26,29)/t10-,12?,13?,18+/m1/s1. The van der Waals surface area contributed by atoms with Crippen molar-refractivity contribution in [3.8, 4) is 0 Å². The van der Waals surface area contributed by atoms with E-state index in [4.69, 9.17) is 11.6 Å². The Hall–Kier alpha value is -2.03.